The van der Waals surface area contributed by atoms with Gasteiger partial charge in [-0.15, -0.1) is 0 Å². The van der Waals surface area contributed by atoms with E-state index in [1.54, 1.807) is 18.7 Å². The highest BCUT2D eigenvalue weighted by atomic mass is 16.3. The molecule has 0 aliphatic carbocycles. The topological polar surface area (TPSA) is 71.3 Å². The van der Waals surface area contributed by atoms with E-state index < -0.39 is 0 Å². The van der Waals surface area contributed by atoms with Gasteiger partial charge >= 0.3 is 0 Å². The Morgan fingerprint density at radius 3 is 2.47 bits per heavy atom. The van der Waals surface area contributed by atoms with Crippen molar-refractivity contribution >= 4 is 11.5 Å². The lowest BCUT2D eigenvalue weighted by molar-refractivity contribution is 0.0956. The molecular formula is C26H28N4O2. The highest BCUT2D eigenvalue weighted by Gasteiger charge is 2.39. The number of rotatable bonds is 6. The Kier molecular flexibility index (Phi) is 5.86. The van der Waals surface area contributed by atoms with Gasteiger partial charge < -0.3 is 9.73 Å². The molecule has 0 spiro atoms. The third-order valence-electron chi connectivity index (χ3n) is 6.63. The first-order valence-corrected chi connectivity index (χ1v) is 11.4. The monoisotopic (exact) mass is 428 g/mol. The molecule has 4 heterocycles. The summed E-state index contributed by atoms with van der Waals surface area (Å²) in [5, 5.41) is 2.86. The first-order chi connectivity index (χ1) is 15.7. The Balaban J connectivity index is 1.47. The molecule has 2 unspecified atom stereocenters. The fourth-order valence-corrected chi connectivity index (χ4v) is 5.17. The normalized spacial score (nSPS) is 20.3. The molecule has 6 heteroatoms. The van der Waals surface area contributed by atoms with Crippen molar-refractivity contribution in [3.05, 3.63) is 89.4 Å². The fraction of sp³-hybridized carbons (Fsp3) is 0.346. The molecule has 0 saturated carbocycles. The highest BCUT2D eigenvalue weighted by molar-refractivity contribution is 5.94. The van der Waals surface area contributed by atoms with Gasteiger partial charge in [-0.3, -0.25) is 19.7 Å². The third kappa shape index (κ3) is 4.10. The molecule has 1 N–H and O–H groups in total. The van der Waals surface area contributed by atoms with Crippen molar-refractivity contribution in [2.75, 3.05) is 6.54 Å². The lowest BCUT2D eigenvalue weighted by atomic mass is 9.87. The first-order valence-electron chi connectivity index (χ1n) is 11.4. The third-order valence-corrected chi connectivity index (χ3v) is 6.63. The van der Waals surface area contributed by atoms with Crippen molar-refractivity contribution in [3.8, 4) is 0 Å². The summed E-state index contributed by atoms with van der Waals surface area (Å²) >= 11 is 0. The van der Waals surface area contributed by atoms with E-state index in [0.717, 1.165) is 30.6 Å². The number of fused-ring (bicyclic) bond motifs is 2. The average Bonchev–Trinajstić information content (AvgIpc) is 3.41. The molecule has 2 saturated heterocycles. The molecule has 164 valence electrons. The Bertz CT molecular complexity index is 1070. The van der Waals surface area contributed by atoms with E-state index in [2.05, 4.69) is 26.3 Å². The molecule has 1 aromatic carbocycles. The van der Waals surface area contributed by atoms with Crippen LogP contribution in [0.25, 0.3) is 5.57 Å². The summed E-state index contributed by atoms with van der Waals surface area (Å²) in [7, 11) is 0. The Morgan fingerprint density at radius 2 is 1.84 bits per heavy atom. The van der Waals surface area contributed by atoms with Crippen LogP contribution < -0.4 is 5.32 Å². The summed E-state index contributed by atoms with van der Waals surface area (Å²) in [6.45, 7) is 3.49. The molecule has 2 aliphatic heterocycles. The summed E-state index contributed by atoms with van der Waals surface area (Å²) in [6.07, 6.45) is 13.4. The number of benzene rings is 1. The number of nitrogens with zero attached hydrogens (tertiary/aromatic N) is 3. The van der Waals surface area contributed by atoms with Crippen molar-refractivity contribution in [2.24, 2.45) is 0 Å². The predicted molar refractivity (Wildman–Crippen MR) is 123 cm³/mol. The largest absolute Gasteiger partial charge is 0.472 e. The smallest absolute Gasteiger partial charge is 0.251 e. The maximum Gasteiger partial charge on any atom is 0.251 e. The summed E-state index contributed by atoms with van der Waals surface area (Å²) in [5.41, 5.74) is 6.51. The molecule has 2 fully saturated rings. The quantitative estimate of drug-likeness (QED) is 0.628. The zero-order valence-electron chi connectivity index (χ0n) is 18.3. The Labute approximate surface area is 188 Å². The molecule has 6 nitrogen and oxygen atoms in total. The molecular weight excluding hydrogens is 400 g/mol. The van der Waals surface area contributed by atoms with Gasteiger partial charge in [-0.05, 0) is 56.4 Å². The van der Waals surface area contributed by atoms with Crippen LogP contribution in [0.15, 0.2) is 71.4 Å². The number of nitrogens with one attached hydrogen (secondary N) is 1. The minimum Gasteiger partial charge on any atom is -0.472 e. The van der Waals surface area contributed by atoms with Gasteiger partial charge in [0.1, 0.15) is 0 Å². The molecule has 5 rings (SSSR count). The van der Waals surface area contributed by atoms with E-state index >= 15 is 0 Å². The van der Waals surface area contributed by atoms with Crippen molar-refractivity contribution in [1.82, 2.24) is 20.2 Å². The van der Waals surface area contributed by atoms with Gasteiger partial charge in [0, 0.05) is 54.3 Å². The predicted octanol–water partition coefficient (Wildman–Crippen LogP) is 4.45. The highest BCUT2D eigenvalue weighted by Crippen LogP contribution is 2.43. The van der Waals surface area contributed by atoms with E-state index in [1.165, 1.54) is 29.6 Å². The van der Waals surface area contributed by atoms with E-state index in [0.29, 0.717) is 24.2 Å². The minimum atomic E-state index is -0.0432. The van der Waals surface area contributed by atoms with E-state index in [1.807, 2.05) is 43.6 Å². The Hall–Kier alpha value is -3.25. The standard InChI is InChI=1S/C26H28N4O2/c1-2-28-26(31)20-5-3-19(4-6-20)25(24-15-27-10-11-29-24)21-13-22-7-8-23(14-21)30(22)16-18-9-12-32-17-18/h3-6,9-12,15,17,22-23H,2,7-8,13-14,16H2,1H3,(H,28,31). The van der Waals surface area contributed by atoms with Crippen LogP contribution in [-0.2, 0) is 6.54 Å². The van der Waals surface area contributed by atoms with Gasteiger partial charge in [-0.1, -0.05) is 17.7 Å². The number of piperidine rings is 1. The SMILES string of the molecule is CCNC(=O)c1ccc(C(=C2CC3CCC(C2)N3Cc2ccoc2)c2cnccn2)cc1. The van der Waals surface area contributed by atoms with Crippen LogP contribution in [0, 0.1) is 0 Å². The number of carbonyl (C=O) groups excluding carboxylic acids is 1. The second-order valence-electron chi connectivity index (χ2n) is 8.60. The zero-order valence-corrected chi connectivity index (χ0v) is 18.3. The number of hydrogen-bond donors (Lipinski definition) is 1. The average molecular weight is 429 g/mol. The fourth-order valence-electron chi connectivity index (χ4n) is 5.17. The molecule has 2 bridgehead atoms. The van der Waals surface area contributed by atoms with Crippen molar-refractivity contribution < 1.29 is 9.21 Å². The maximum atomic E-state index is 12.2. The molecule has 2 aliphatic rings. The van der Waals surface area contributed by atoms with Crippen LogP contribution in [0.1, 0.15) is 59.8 Å². The molecule has 0 radical (unpaired) electrons. The van der Waals surface area contributed by atoms with Crippen molar-refractivity contribution in [1.29, 1.82) is 0 Å². The van der Waals surface area contributed by atoms with Gasteiger partial charge in [0.15, 0.2) is 0 Å². The summed E-state index contributed by atoms with van der Waals surface area (Å²) in [4.78, 5) is 23.8. The first kappa shape index (κ1) is 20.6. The molecule has 2 aromatic heterocycles. The van der Waals surface area contributed by atoms with Gasteiger partial charge in [0.25, 0.3) is 5.91 Å². The molecule has 2 atom stereocenters. The van der Waals surface area contributed by atoms with E-state index in [-0.39, 0.29) is 5.91 Å². The van der Waals surface area contributed by atoms with Crippen LogP contribution in [0.4, 0.5) is 0 Å². The van der Waals surface area contributed by atoms with Crippen molar-refractivity contribution in [2.45, 2.75) is 51.2 Å². The van der Waals surface area contributed by atoms with Gasteiger partial charge in [-0.25, -0.2) is 0 Å². The summed E-state index contributed by atoms with van der Waals surface area (Å²) in [5.74, 6) is -0.0432. The lowest BCUT2D eigenvalue weighted by Gasteiger charge is -2.37. The number of amides is 1. The summed E-state index contributed by atoms with van der Waals surface area (Å²) in [6, 6.07) is 11.0. The van der Waals surface area contributed by atoms with Crippen LogP contribution in [0.2, 0.25) is 0 Å². The number of furan rings is 1. The number of hydrogen-bond acceptors (Lipinski definition) is 5. The number of carbonyl (C=O) groups is 1. The second-order valence-corrected chi connectivity index (χ2v) is 8.60. The summed E-state index contributed by atoms with van der Waals surface area (Å²) < 4.78 is 5.28. The van der Waals surface area contributed by atoms with Gasteiger partial charge in [0.05, 0.1) is 24.4 Å². The Morgan fingerprint density at radius 1 is 1.09 bits per heavy atom. The van der Waals surface area contributed by atoms with Crippen LogP contribution >= 0.6 is 0 Å². The molecule has 3 aromatic rings. The maximum absolute atomic E-state index is 12.2. The number of aromatic nitrogens is 2. The van der Waals surface area contributed by atoms with Crippen LogP contribution in [0.3, 0.4) is 0 Å². The van der Waals surface area contributed by atoms with E-state index in [4.69, 9.17) is 4.42 Å². The second kappa shape index (κ2) is 9.09. The van der Waals surface area contributed by atoms with Gasteiger partial charge in [-0.2, -0.15) is 0 Å². The van der Waals surface area contributed by atoms with E-state index in [9.17, 15) is 4.79 Å². The van der Waals surface area contributed by atoms with Crippen molar-refractivity contribution in [3.63, 3.8) is 0 Å². The van der Waals surface area contributed by atoms with Gasteiger partial charge in [0.2, 0.25) is 0 Å². The minimum absolute atomic E-state index is 0.0432. The van der Waals surface area contributed by atoms with Crippen LogP contribution in [-0.4, -0.2) is 39.4 Å². The van der Waals surface area contributed by atoms with Crippen LogP contribution in [0.5, 0.6) is 0 Å². The zero-order chi connectivity index (χ0) is 21.9. The molecule has 32 heavy (non-hydrogen) atoms. The molecule has 1 amide bonds. The lowest BCUT2D eigenvalue weighted by Crippen LogP contribution is -2.40.